The summed E-state index contributed by atoms with van der Waals surface area (Å²) in [7, 11) is 1.62. The fourth-order valence-electron chi connectivity index (χ4n) is 1.73. The number of hydrogen-bond donors (Lipinski definition) is 1. The maximum atomic E-state index is 12.0. The van der Waals surface area contributed by atoms with E-state index in [9.17, 15) is 4.79 Å². The molecule has 0 bridgehead atoms. The molecule has 4 nitrogen and oxygen atoms in total. The number of ether oxygens (including phenoxy) is 2. The van der Waals surface area contributed by atoms with E-state index in [1.165, 1.54) is 0 Å². The number of anilines is 1. The van der Waals surface area contributed by atoms with Gasteiger partial charge in [0.1, 0.15) is 11.8 Å². The van der Waals surface area contributed by atoms with Crippen LogP contribution in [0.4, 0.5) is 5.69 Å². The number of nitrogens with one attached hydrogen (secondary N) is 1. The lowest BCUT2D eigenvalue weighted by Crippen LogP contribution is -2.42. The van der Waals surface area contributed by atoms with Gasteiger partial charge in [-0.25, -0.2) is 4.79 Å². The molecule has 0 saturated heterocycles. The summed E-state index contributed by atoms with van der Waals surface area (Å²) in [5, 5.41) is 3.22. The number of carbonyl (C=O) groups excluding carboxylic acids is 1. The molecule has 1 aromatic carbocycles. The highest BCUT2D eigenvalue weighted by molar-refractivity contribution is 5.80. The zero-order chi connectivity index (χ0) is 14.5. The van der Waals surface area contributed by atoms with E-state index in [4.69, 9.17) is 9.47 Å². The molecule has 0 aliphatic heterocycles. The molecule has 0 radical (unpaired) electrons. The average Bonchev–Trinajstić information content (AvgIpc) is 2.35. The third-order valence-corrected chi connectivity index (χ3v) is 2.77. The Morgan fingerprint density at radius 2 is 2.05 bits per heavy atom. The van der Waals surface area contributed by atoms with E-state index < -0.39 is 6.04 Å². The summed E-state index contributed by atoms with van der Waals surface area (Å²) in [5.41, 5.74) is 0.599. The van der Waals surface area contributed by atoms with Crippen molar-refractivity contribution in [2.24, 2.45) is 5.41 Å². The second kappa shape index (κ2) is 6.45. The molecule has 1 aromatic rings. The van der Waals surface area contributed by atoms with Crippen molar-refractivity contribution >= 4 is 11.7 Å². The van der Waals surface area contributed by atoms with E-state index in [0.29, 0.717) is 6.61 Å². The molecule has 1 rings (SSSR count). The van der Waals surface area contributed by atoms with Gasteiger partial charge >= 0.3 is 5.97 Å². The minimum absolute atomic E-state index is 0.238. The van der Waals surface area contributed by atoms with Crippen LogP contribution in [-0.4, -0.2) is 25.7 Å². The van der Waals surface area contributed by atoms with Gasteiger partial charge in [0.05, 0.1) is 13.7 Å². The summed E-state index contributed by atoms with van der Waals surface area (Å²) in [5.74, 6) is 0.513. The Hall–Kier alpha value is -1.71. The number of hydrogen-bond acceptors (Lipinski definition) is 4. The number of methoxy groups -OCH3 is 1. The van der Waals surface area contributed by atoms with Gasteiger partial charge in [0, 0.05) is 11.8 Å². The van der Waals surface area contributed by atoms with Crippen LogP contribution in [0.3, 0.4) is 0 Å². The summed E-state index contributed by atoms with van der Waals surface area (Å²) in [6.45, 7) is 8.19. The molecular formula is C15H23NO3. The van der Waals surface area contributed by atoms with Crippen LogP contribution in [0.25, 0.3) is 0 Å². The van der Waals surface area contributed by atoms with Gasteiger partial charge in [0.25, 0.3) is 0 Å². The Bertz CT molecular complexity index is 424. The highest BCUT2D eigenvalue weighted by Gasteiger charge is 2.32. The SMILES string of the molecule is CCOC(=O)C(Nc1cccc(OC)c1)C(C)(C)C. The van der Waals surface area contributed by atoms with Crippen molar-refractivity contribution in [2.75, 3.05) is 19.0 Å². The van der Waals surface area contributed by atoms with Crippen LogP contribution < -0.4 is 10.1 Å². The molecule has 0 amide bonds. The number of benzene rings is 1. The molecule has 0 aliphatic carbocycles. The minimum Gasteiger partial charge on any atom is -0.497 e. The van der Waals surface area contributed by atoms with Gasteiger partial charge in [0.15, 0.2) is 0 Å². The van der Waals surface area contributed by atoms with Crippen molar-refractivity contribution in [3.05, 3.63) is 24.3 Å². The predicted molar refractivity (Wildman–Crippen MR) is 76.5 cm³/mol. The van der Waals surface area contributed by atoms with Gasteiger partial charge in [0.2, 0.25) is 0 Å². The molecule has 0 spiro atoms. The summed E-state index contributed by atoms with van der Waals surface area (Å²) >= 11 is 0. The number of carbonyl (C=O) groups is 1. The van der Waals surface area contributed by atoms with Gasteiger partial charge < -0.3 is 14.8 Å². The standard InChI is InChI=1S/C15H23NO3/c1-6-19-14(17)13(15(2,3)4)16-11-8-7-9-12(10-11)18-5/h7-10,13,16H,6H2,1-5H3. The first-order chi connectivity index (χ1) is 8.88. The van der Waals surface area contributed by atoms with E-state index in [1.54, 1.807) is 7.11 Å². The Morgan fingerprint density at radius 1 is 1.37 bits per heavy atom. The monoisotopic (exact) mass is 265 g/mol. The third-order valence-electron chi connectivity index (χ3n) is 2.77. The summed E-state index contributed by atoms with van der Waals surface area (Å²) in [6, 6.07) is 7.10. The van der Waals surface area contributed by atoms with E-state index in [-0.39, 0.29) is 11.4 Å². The second-order valence-corrected chi connectivity index (χ2v) is 5.43. The highest BCUT2D eigenvalue weighted by Crippen LogP contribution is 2.26. The summed E-state index contributed by atoms with van der Waals surface area (Å²) in [4.78, 5) is 12.0. The fraction of sp³-hybridized carbons (Fsp3) is 0.533. The Morgan fingerprint density at radius 3 is 2.58 bits per heavy atom. The van der Waals surface area contributed by atoms with E-state index >= 15 is 0 Å². The maximum absolute atomic E-state index is 12.0. The van der Waals surface area contributed by atoms with Crippen molar-refractivity contribution in [3.63, 3.8) is 0 Å². The van der Waals surface area contributed by atoms with Crippen molar-refractivity contribution < 1.29 is 14.3 Å². The van der Waals surface area contributed by atoms with Crippen LogP contribution in [0.2, 0.25) is 0 Å². The van der Waals surface area contributed by atoms with Crippen LogP contribution in [0.5, 0.6) is 5.75 Å². The third kappa shape index (κ3) is 4.47. The molecule has 4 heteroatoms. The van der Waals surface area contributed by atoms with E-state index in [0.717, 1.165) is 11.4 Å². The average molecular weight is 265 g/mol. The minimum atomic E-state index is -0.403. The van der Waals surface area contributed by atoms with Crippen molar-refractivity contribution in [1.29, 1.82) is 0 Å². The van der Waals surface area contributed by atoms with Crippen LogP contribution in [0.1, 0.15) is 27.7 Å². The van der Waals surface area contributed by atoms with Gasteiger partial charge in [-0.1, -0.05) is 26.8 Å². The molecule has 0 fully saturated rings. The smallest absolute Gasteiger partial charge is 0.329 e. The molecule has 0 aliphatic rings. The summed E-state index contributed by atoms with van der Waals surface area (Å²) in [6.07, 6.45) is 0. The molecular weight excluding hydrogens is 242 g/mol. The Balaban J connectivity index is 2.91. The first-order valence-corrected chi connectivity index (χ1v) is 6.45. The normalized spacial score (nSPS) is 12.7. The molecule has 106 valence electrons. The zero-order valence-corrected chi connectivity index (χ0v) is 12.3. The number of rotatable bonds is 5. The summed E-state index contributed by atoms with van der Waals surface area (Å²) < 4.78 is 10.3. The van der Waals surface area contributed by atoms with Crippen LogP contribution in [0, 0.1) is 5.41 Å². The second-order valence-electron chi connectivity index (χ2n) is 5.43. The topological polar surface area (TPSA) is 47.6 Å². The molecule has 1 N–H and O–H groups in total. The maximum Gasteiger partial charge on any atom is 0.329 e. The van der Waals surface area contributed by atoms with Gasteiger partial charge in [-0.2, -0.15) is 0 Å². The van der Waals surface area contributed by atoms with Crippen LogP contribution in [-0.2, 0) is 9.53 Å². The van der Waals surface area contributed by atoms with E-state index in [2.05, 4.69) is 5.32 Å². The van der Waals surface area contributed by atoms with Crippen LogP contribution in [0.15, 0.2) is 24.3 Å². The zero-order valence-electron chi connectivity index (χ0n) is 12.3. The Kier molecular flexibility index (Phi) is 5.21. The molecule has 0 heterocycles. The van der Waals surface area contributed by atoms with Crippen LogP contribution >= 0.6 is 0 Å². The van der Waals surface area contributed by atoms with Crippen molar-refractivity contribution in [1.82, 2.24) is 0 Å². The lowest BCUT2D eigenvalue weighted by atomic mass is 9.86. The van der Waals surface area contributed by atoms with Crippen molar-refractivity contribution in [2.45, 2.75) is 33.7 Å². The quantitative estimate of drug-likeness (QED) is 0.831. The molecule has 19 heavy (non-hydrogen) atoms. The van der Waals surface area contributed by atoms with Gasteiger partial charge in [-0.05, 0) is 24.5 Å². The first kappa shape index (κ1) is 15.3. The molecule has 1 unspecified atom stereocenters. The predicted octanol–water partition coefficient (Wildman–Crippen LogP) is 3.08. The fourth-order valence-corrected chi connectivity index (χ4v) is 1.73. The van der Waals surface area contributed by atoms with E-state index in [1.807, 2.05) is 52.0 Å². The highest BCUT2D eigenvalue weighted by atomic mass is 16.5. The molecule has 0 saturated carbocycles. The van der Waals surface area contributed by atoms with Crippen molar-refractivity contribution in [3.8, 4) is 5.75 Å². The lowest BCUT2D eigenvalue weighted by molar-refractivity contribution is -0.146. The molecule has 1 atom stereocenters. The molecule has 0 aromatic heterocycles. The number of esters is 1. The Labute approximate surface area is 115 Å². The largest absolute Gasteiger partial charge is 0.497 e. The first-order valence-electron chi connectivity index (χ1n) is 6.45. The lowest BCUT2D eigenvalue weighted by Gasteiger charge is -2.30. The van der Waals surface area contributed by atoms with Gasteiger partial charge in [-0.3, -0.25) is 0 Å². The van der Waals surface area contributed by atoms with Gasteiger partial charge in [-0.15, -0.1) is 0 Å².